The first kappa shape index (κ1) is 65.4. The summed E-state index contributed by atoms with van der Waals surface area (Å²) in [5.41, 5.74) is 29.2. The van der Waals surface area contributed by atoms with Gasteiger partial charge < -0.3 is 102 Å². The Morgan fingerprint density at radius 2 is 0.378 bits per heavy atom. The summed E-state index contributed by atoms with van der Waals surface area (Å²) < 4.78 is 23.1. The first-order valence-corrected chi connectivity index (χ1v) is 23.4. The quantitative estimate of drug-likeness (QED) is 0.0551. The van der Waals surface area contributed by atoms with Crippen molar-refractivity contribution in [1.29, 1.82) is 0 Å². The van der Waals surface area contributed by atoms with Crippen molar-refractivity contribution in [2.75, 3.05) is 52.6 Å². The molecular weight excluding hydrogens is 1010 g/mol. The van der Waals surface area contributed by atoms with Crippen molar-refractivity contribution in [2.24, 2.45) is 0 Å². The number of rotatable bonds is 20. The lowest BCUT2D eigenvalue weighted by Gasteiger charge is -2.18. The molecule has 0 saturated heterocycles. The van der Waals surface area contributed by atoms with E-state index < -0.39 is 0 Å². The summed E-state index contributed by atoms with van der Waals surface area (Å²) in [5, 5.41) is 0. The van der Waals surface area contributed by atoms with Crippen LogP contribution in [0.4, 0.5) is 0 Å². The van der Waals surface area contributed by atoms with Gasteiger partial charge in [-0.05, 0) is 115 Å². The van der Waals surface area contributed by atoms with Crippen molar-refractivity contribution in [3.8, 4) is 23.0 Å². The SMILES string of the molecule is O.O.[Cl-].[Cl-].[Cl-].[Cl-].[NH3+]CCOc1ccc(/C(=C(/c2ccccc2)c2ccc(OCC[NH3+])cc2)c2ccccc2)cc1.[NH3+]CCOc1ccc(/C(=C(/c2ccccc2)c2ccc(OCC[NH3+])cc2)c2ccccc2)cc1. The highest BCUT2D eigenvalue weighted by atomic mass is 35.5. The Balaban J connectivity index is 0.000000684. The van der Waals surface area contributed by atoms with E-state index >= 15 is 0 Å². The molecular formula is C60H68Cl4N4O6. The van der Waals surface area contributed by atoms with Crippen LogP contribution in [0.2, 0.25) is 0 Å². The lowest BCUT2D eigenvalue weighted by Crippen LogP contribution is -3.00. The zero-order valence-electron chi connectivity index (χ0n) is 41.4. The molecule has 8 rings (SSSR count). The van der Waals surface area contributed by atoms with E-state index in [0.717, 1.165) is 93.7 Å². The first-order valence-electron chi connectivity index (χ1n) is 23.4. The second-order valence-corrected chi connectivity index (χ2v) is 15.9. The van der Waals surface area contributed by atoms with Crippen LogP contribution >= 0.6 is 0 Å². The summed E-state index contributed by atoms with van der Waals surface area (Å²) in [5.74, 6) is 3.42. The van der Waals surface area contributed by atoms with Crippen molar-refractivity contribution in [3.05, 3.63) is 263 Å². The Labute approximate surface area is 460 Å². The minimum Gasteiger partial charge on any atom is -1.00 e. The molecule has 0 aliphatic carbocycles. The van der Waals surface area contributed by atoms with Gasteiger partial charge in [-0.15, -0.1) is 0 Å². The maximum Gasteiger partial charge on any atom is 0.137 e. The van der Waals surface area contributed by atoms with E-state index in [-0.39, 0.29) is 60.6 Å². The van der Waals surface area contributed by atoms with Gasteiger partial charge in [-0.2, -0.15) is 0 Å². The molecule has 0 spiro atoms. The van der Waals surface area contributed by atoms with Gasteiger partial charge in [0, 0.05) is 0 Å². The summed E-state index contributed by atoms with van der Waals surface area (Å²) >= 11 is 0. The second-order valence-electron chi connectivity index (χ2n) is 15.9. The summed E-state index contributed by atoms with van der Waals surface area (Å²) in [6.07, 6.45) is 0. The summed E-state index contributed by atoms with van der Waals surface area (Å²) in [6.45, 7) is 5.40. The lowest BCUT2D eigenvalue weighted by molar-refractivity contribution is -0.371. The van der Waals surface area contributed by atoms with Crippen LogP contribution in [0.25, 0.3) is 22.3 Å². The molecule has 0 radical (unpaired) electrons. The zero-order chi connectivity index (χ0) is 47.2. The molecule has 16 N–H and O–H groups in total. The highest BCUT2D eigenvalue weighted by Crippen LogP contribution is 2.39. The van der Waals surface area contributed by atoms with E-state index in [1.807, 2.05) is 72.8 Å². The molecule has 8 aromatic carbocycles. The Morgan fingerprint density at radius 3 is 0.527 bits per heavy atom. The average Bonchev–Trinajstić information content (AvgIpc) is 3.41. The van der Waals surface area contributed by atoms with Crippen molar-refractivity contribution in [2.45, 2.75) is 0 Å². The number of quaternary nitrogens is 4. The smallest absolute Gasteiger partial charge is 0.137 e. The summed E-state index contributed by atoms with van der Waals surface area (Å²) in [6, 6.07) is 75.5. The second kappa shape index (κ2) is 35.5. The number of hydrogen-bond acceptors (Lipinski definition) is 4. The van der Waals surface area contributed by atoms with Crippen molar-refractivity contribution >= 4 is 22.3 Å². The molecule has 10 nitrogen and oxygen atoms in total. The van der Waals surface area contributed by atoms with Gasteiger partial charge in [0.2, 0.25) is 0 Å². The molecule has 14 heteroatoms. The minimum absolute atomic E-state index is 0. The van der Waals surface area contributed by atoms with Crippen molar-refractivity contribution < 1.29 is 102 Å². The monoisotopic (exact) mass is 1080 g/mol. The van der Waals surface area contributed by atoms with Crippen LogP contribution in [0.3, 0.4) is 0 Å². The van der Waals surface area contributed by atoms with Crippen LogP contribution in [-0.2, 0) is 0 Å². The van der Waals surface area contributed by atoms with Gasteiger partial charge in [-0.3, -0.25) is 0 Å². The molecule has 0 fully saturated rings. The molecule has 0 aliphatic rings. The highest BCUT2D eigenvalue weighted by Gasteiger charge is 2.18. The fourth-order valence-electron chi connectivity index (χ4n) is 7.87. The van der Waals surface area contributed by atoms with E-state index in [1.165, 1.54) is 22.3 Å². The molecule has 0 bridgehead atoms. The van der Waals surface area contributed by atoms with Crippen LogP contribution in [-0.4, -0.2) is 63.6 Å². The molecule has 74 heavy (non-hydrogen) atoms. The van der Waals surface area contributed by atoms with Gasteiger partial charge in [0.15, 0.2) is 0 Å². The molecule has 0 aliphatic heterocycles. The maximum atomic E-state index is 5.77. The molecule has 0 atom stereocenters. The van der Waals surface area contributed by atoms with E-state index in [4.69, 9.17) is 18.9 Å². The summed E-state index contributed by atoms with van der Waals surface area (Å²) in [4.78, 5) is 0. The third-order valence-corrected chi connectivity index (χ3v) is 11.0. The molecule has 392 valence electrons. The molecule has 0 unspecified atom stereocenters. The normalized spacial score (nSPS) is 10.6. The minimum atomic E-state index is 0. The van der Waals surface area contributed by atoms with Gasteiger partial charge in [-0.25, -0.2) is 0 Å². The maximum absolute atomic E-state index is 5.77. The van der Waals surface area contributed by atoms with Crippen LogP contribution < -0.4 is 91.5 Å². The van der Waals surface area contributed by atoms with E-state index in [0.29, 0.717) is 26.4 Å². The number of benzene rings is 8. The van der Waals surface area contributed by atoms with Crippen molar-refractivity contribution in [3.63, 3.8) is 0 Å². The average molecular weight is 1080 g/mol. The van der Waals surface area contributed by atoms with Crippen LogP contribution in [0.5, 0.6) is 23.0 Å². The number of hydrogen-bond donors (Lipinski definition) is 4. The lowest BCUT2D eigenvalue weighted by atomic mass is 9.86. The first-order chi connectivity index (χ1) is 33.6. The van der Waals surface area contributed by atoms with Crippen LogP contribution in [0.15, 0.2) is 218 Å². The predicted molar refractivity (Wildman–Crippen MR) is 282 cm³/mol. The Hall–Kier alpha value is -6.64. The highest BCUT2D eigenvalue weighted by molar-refractivity contribution is 6.05. The molecule has 0 saturated carbocycles. The predicted octanol–water partition coefficient (Wildman–Crippen LogP) is -5.76. The van der Waals surface area contributed by atoms with Crippen molar-refractivity contribution in [1.82, 2.24) is 0 Å². The van der Waals surface area contributed by atoms with Crippen LogP contribution in [0.1, 0.15) is 44.5 Å². The van der Waals surface area contributed by atoms with Gasteiger partial charge in [0.05, 0.1) is 0 Å². The number of ether oxygens (including phenoxy) is 4. The third kappa shape index (κ3) is 18.4. The van der Waals surface area contributed by atoms with Gasteiger partial charge in [-0.1, -0.05) is 170 Å². The molecule has 0 amide bonds. The Morgan fingerprint density at radius 1 is 0.230 bits per heavy atom. The van der Waals surface area contributed by atoms with E-state index in [9.17, 15) is 0 Å². The fraction of sp³-hybridized carbons (Fsp3) is 0.133. The standard InChI is InChI=1S/2C30H30N2O2.4ClH.2H2O/c2*31-19-21-33-27-15-11-25(12-16-27)29(23-7-3-1-4-8-23)30(24-9-5-2-6-10-24)26-13-17-28(18-14-26)34-22-20-32;;;;;;/h2*1-18H,19-22,31-32H2;4*1H;2*1H2/b2*30-29-;;;;;;. The molecule has 8 aromatic rings. The summed E-state index contributed by atoms with van der Waals surface area (Å²) in [7, 11) is 0. The fourth-order valence-corrected chi connectivity index (χ4v) is 7.87. The van der Waals surface area contributed by atoms with Gasteiger partial charge in [0.1, 0.15) is 75.6 Å². The zero-order valence-corrected chi connectivity index (χ0v) is 44.4. The topological polar surface area (TPSA) is 210 Å². The van der Waals surface area contributed by atoms with Gasteiger partial charge in [0.25, 0.3) is 0 Å². The molecule has 0 heterocycles. The van der Waals surface area contributed by atoms with Gasteiger partial charge >= 0.3 is 0 Å². The Bertz CT molecular complexity index is 2400. The van der Waals surface area contributed by atoms with Crippen LogP contribution in [0, 0.1) is 0 Å². The largest absolute Gasteiger partial charge is 1.00 e. The third-order valence-electron chi connectivity index (χ3n) is 11.0. The van der Waals surface area contributed by atoms with E-state index in [1.54, 1.807) is 0 Å². The molecule has 0 aromatic heterocycles. The van der Waals surface area contributed by atoms with E-state index in [2.05, 4.69) is 169 Å². The number of halogens is 4. The Kier molecular flexibility index (Phi) is 31.4.